The van der Waals surface area contributed by atoms with Gasteiger partial charge in [-0.05, 0) is 30.0 Å². The van der Waals surface area contributed by atoms with Crippen molar-refractivity contribution in [2.24, 2.45) is 4.99 Å². The van der Waals surface area contributed by atoms with Crippen LogP contribution in [0.15, 0.2) is 47.7 Å². The lowest BCUT2D eigenvalue weighted by atomic mass is 10.1. The van der Waals surface area contributed by atoms with Gasteiger partial charge in [-0.1, -0.05) is 24.3 Å². The number of nitrogens with one attached hydrogen (secondary N) is 2. The average molecular weight is 327 g/mol. The number of benzene rings is 1. The van der Waals surface area contributed by atoms with Crippen molar-refractivity contribution < 1.29 is 4.74 Å². The number of guanidine groups is 1. The zero-order chi connectivity index (χ0) is 16.6. The maximum absolute atomic E-state index is 5.62. The third kappa shape index (κ3) is 4.83. The van der Waals surface area contributed by atoms with Gasteiger partial charge in [0.15, 0.2) is 5.96 Å². The van der Waals surface area contributed by atoms with Crippen LogP contribution in [-0.4, -0.2) is 42.0 Å². The third-order valence-electron chi connectivity index (χ3n) is 4.10. The highest BCUT2D eigenvalue weighted by Gasteiger charge is 2.15. The molecule has 2 heterocycles. The highest BCUT2D eigenvalue weighted by Crippen LogP contribution is 2.10. The van der Waals surface area contributed by atoms with Crippen LogP contribution in [0.3, 0.4) is 0 Å². The van der Waals surface area contributed by atoms with Gasteiger partial charge in [0.2, 0.25) is 0 Å². The minimum atomic E-state index is 0.306. The molecule has 6 heteroatoms. The van der Waals surface area contributed by atoms with Crippen LogP contribution in [0.4, 0.5) is 0 Å². The minimum absolute atomic E-state index is 0.306. The molecule has 6 nitrogen and oxygen atoms in total. The van der Waals surface area contributed by atoms with Crippen molar-refractivity contribution in [2.45, 2.75) is 32.0 Å². The molecule has 1 saturated heterocycles. The monoisotopic (exact) mass is 327 g/mol. The summed E-state index contributed by atoms with van der Waals surface area (Å²) in [4.78, 5) is 4.27. The van der Waals surface area contributed by atoms with E-state index in [2.05, 4.69) is 45.0 Å². The molecular weight excluding hydrogens is 302 g/mol. The Kier molecular flexibility index (Phi) is 5.85. The Morgan fingerprint density at radius 1 is 1.33 bits per heavy atom. The summed E-state index contributed by atoms with van der Waals surface area (Å²) in [5.74, 6) is 0.808. The number of aliphatic imine (C=N–C) groups is 1. The molecular formula is C18H25N5O. The number of rotatable bonds is 6. The summed E-state index contributed by atoms with van der Waals surface area (Å²) in [7, 11) is 1.79. The summed E-state index contributed by atoms with van der Waals surface area (Å²) < 4.78 is 7.55. The van der Waals surface area contributed by atoms with Gasteiger partial charge in [0.05, 0.1) is 12.6 Å². The number of aromatic nitrogens is 2. The van der Waals surface area contributed by atoms with Crippen molar-refractivity contribution in [3.63, 3.8) is 0 Å². The molecule has 128 valence electrons. The normalized spacial score (nSPS) is 17.9. The molecule has 1 fully saturated rings. The van der Waals surface area contributed by atoms with E-state index < -0.39 is 0 Å². The van der Waals surface area contributed by atoms with Gasteiger partial charge < -0.3 is 15.4 Å². The molecule has 1 atom stereocenters. The first kappa shape index (κ1) is 16.5. The fourth-order valence-electron chi connectivity index (χ4n) is 2.84. The number of hydrogen-bond acceptors (Lipinski definition) is 3. The van der Waals surface area contributed by atoms with E-state index in [4.69, 9.17) is 4.74 Å². The Labute approximate surface area is 142 Å². The Balaban J connectivity index is 1.49. The molecule has 0 saturated carbocycles. The fraction of sp³-hybridized carbons (Fsp3) is 0.444. The molecule has 0 spiro atoms. The summed E-state index contributed by atoms with van der Waals surface area (Å²) in [5, 5.41) is 10.9. The van der Waals surface area contributed by atoms with Crippen LogP contribution >= 0.6 is 0 Å². The van der Waals surface area contributed by atoms with E-state index >= 15 is 0 Å². The minimum Gasteiger partial charge on any atom is -0.376 e. The van der Waals surface area contributed by atoms with Crippen LogP contribution in [0, 0.1) is 0 Å². The maximum Gasteiger partial charge on any atom is 0.191 e. The Morgan fingerprint density at radius 2 is 2.25 bits per heavy atom. The predicted molar refractivity (Wildman–Crippen MR) is 94.9 cm³/mol. The second-order valence-corrected chi connectivity index (χ2v) is 5.97. The maximum atomic E-state index is 5.62. The highest BCUT2D eigenvalue weighted by atomic mass is 16.5. The molecule has 2 aromatic rings. The molecule has 1 aliphatic heterocycles. The first-order valence-corrected chi connectivity index (χ1v) is 8.45. The molecule has 1 aromatic carbocycles. The lowest BCUT2D eigenvalue weighted by Gasteiger charge is -2.15. The van der Waals surface area contributed by atoms with E-state index in [1.807, 2.05) is 16.9 Å². The summed E-state index contributed by atoms with van der Waals surface area (Å²) in [6.07, 6.45) is 6.36. The molecule has 1 aromatic heterocycles. The van der Waals surface area contributed by atoms with Gasteiger partial charge in [-0.3, -0.25) is 9.67 Å². The molecule has 0 radical (unpaired) electrons. The Bertz CT molecular complexity index is 647. The number of ether oxygens (including phenoxy) is 1. The number of hydrogen-bond donors (Lipinski definition) is 2. The highest BCUT2D eigenvalue weighted by molar-refractivity contribution is 5.79. The summed E-state index contributed by atoms with van der Waals surface area (Å²) in [6.45, 7) is 3.20. The molecule has 1 unspecified atom stereocenters. The van der Waals surface area contributed by atoms with Crippen molar-refractivity contribution in [1.29, 1.82) is 0 Å². The van der Waals surface area contributed by atoms with E-state index in [0.717, 1.165) is 45.0 Å². The largest absolute Gasteiger partial charge is 0.376 e. The molecule has 2 N–H and O–H groups in total. The van der Waals surface area contributed by atoms with Crippen LogP contribution < -0.4 is 10.6 Å². The smallest absolute Gasteiger partial charge is 0.191 e. The van der Waals surface area contributed by atoms with Gasteiger partial charge in [0, 0.05) is 39.1 Å². The van der Waals surface area contributed by atoms with Crippen molar-refractivity contribution in [3.05, 3.63) is 53.9 Å². The second-order valence-electron chi connectivity index (χ2n) is 5.97. The van der Waals surface area contributed by atoms with Gasteiger partial charge in [-0.2, -0.15) is 5.10 Å². The van der Waals surface area contributed by atoms with Crippen LogP contribution in [0.25, 0.3) is 0 Å². The standard InChI is InChI=1S/C18H25N5O/c1-19-18(21-13-17-7-3-10-24-17)20-12-15-5-2-6-16(11-15)14-23-9-4-8-22-23/h2,4-6,8-9,11,17H,3,7,10,12-14H2,1H3,(H2,19,20,21). The quantitative estimate of drug-likeness (QED) is 0.627. The van der Waals surface area contributed by atoms with E-state index in [1.54, 1.807) is 13.2 Å². The third-order valence-corrected chi connectivity index (χ3v) is 4.10. The van der Waals surface area contributed by atoms with Crippen LogP contribution in [0.1, 0.15) is 24.0 Å². The zero-order valence-corrected chi connectivity index (χ0v) is 14.1. The Morgan fingerprint density at radius 3 is 3.00 bits per heavy atom. The molecule has 3 rings (SSSR count). The topological polar surface area (TPSA) is 63.5 Å². The number of nitrogens with zero attached hydrogens (tertiary/aromatic N) is 3. The molecule has 0 aliphatic carbocycles. The lowest BCUT2D eigenvalue weighted by Crippen LogP contribution is -2.40. The van der Waals surface area contributed by atoms with Crippen LogP contribution in [0.5, 0.6) is 0 Å². The van der Waals surface area contributed by atoms with Crippen molar-refractivity contribution in [2.75, 3.05) is 20.2 Å². The SMILES string of the molecule is CN=C(NCc1cccc(Cn2cccn2)c1)NCC1CCCO1. The van der Waals surface area contributed by atoms with E-state index in [0.29, 0.717) is 6.10 Å². The van der Waals surface area contributed by atoms with Gasteiger partial charge in [0.25, 0.3) is 0 Å². The van der Waals surface area contributed by atoms with Crippen molar-refractivity contribution in [1.82, 2.24) is 20.4 Å². The van der Waals surface area contributed by atoms with Crippen molar-refractivity contribution >= 4 is 5.96 Å². The first-order valence-electron chi connectivity index (χ1n) is 8.45. The summed E-state index contributed by atoms with van der Waals surface area (Å²) >= 11 is 0. The predicted octanol–water partition coefficient (Wildman–Crippen LogP) is 1.78. The molecule has 0 amide bonds. The van der Waals surface area contributed by atoms with E-state index in [9.17, 15) is 0 Å². The molecule has 0 bridgehead atoms. The summed E-state index contributed by atoms with van der Waals surface area (Å²) in [6, 6.07) is 10.5. The average Bonchev–Trinajstić information content (AvgIpc) is 3.29. The van der Waals surface area contributed by atoms with E-state index in [-0.39, 0.29) is 0 Å². The van der Waals surface area contributed by atoms with Gasteiger partial charge in [0.1, 0.15) is 0 Å². The lowest BCUT2D eigenvalue weighted by molar-refractivity contribution is 0.114. The van der Waals surface area contributed by atoms with Gasteiger partial charge in [-0.25, -0.2) is 0 Å². The van der Waals surface area contributed by atoms with Crippen molar-refractivity contribution in [3.8, 4) is 0 Å². The van der Waals surface area contributed by atoms with Crippen LogP contribution in [-0.2, 0) is 17.8 Å². The zero-order valence-electron chi connectivity index (χ0n) is 14.1. The van der Waals surface area contributed by atoms with E-state index in [1.165, 1.54) is 11.1 Å². The Hall–Kier alpha value is -2.34. The van der Waals surface area contributed by atoms with Crippen LogP contribution in [0.2, 0.25) is 0 Å². The summed E-state index contributed by atoms with van der Waals surface area (Å²) in [5.41, 5.74) is 2.46. The molecule has 1 aliphatic rings. The first-order chi connectivity index (χ1) is 11.8. The second kappa shape index (κ2) is 8.49. The fourth-order valence-corrected chi connectivity index (χ4v) is 2.84. The van der Waals surface area contributed by atoms with Gasteiger partial charge >= 0.3 is 0 Å². The van der Waals surface area contributed by atoms with Gasteiger partial charge in [-0.15, -0.1) is 0 Å². The molecule has 24 heavy (non-hydrogen) atoms.